The van der Waals surface area contributed by atoms with Gasteiger partial charge in [0.1, 0.15) is 0 Å². The first-order chi connectivity index (χ1) is 16.8. The third-order valence-electron chi connectivity index (χ3n) is 6.47. The third-order valence-corrected chi connectivity index (χ3v) is 7.43. The number of fused-ring (bicyclic) bond motifs is 1. The Hall–Kier alpha value is -3.46. The lowest BCUT2D eigenvalue weighted by Gasteiger charge is -2.32. The van der Waals surface area contributed by atoms with E-state index in [0.29, 0.717) is 42.9 Å². The second kappa shape index (κ2) is 9.30. The zero-order chi connectivity index (χ0) is 24.7. The van der Waals surface area contributed by atoms with Crippen molar-refractivity contribution in [2.75, 3.05) is 13.1 Å². The molecule has 5 heterocycles. The molecule has 0 bridgehead atoms. The van der Waals surface area contributed by atoms with Gasteiger partial charge in [-0.3, -0.25) is 9.59 Å². The minimum Gasteiger partial charge on any atom is -0.459 e. The summed E-state index contributed by atoms with van der Waals surface area (Å²) >= 11 is 1.72. The molecule has 5 rings (SSSR count). The van der Waals surface area contributed by atoms with E-state index in [4.69, 9.17) is 9.40 Å². The number of likely N-dealkylation sites (tertiary alicyclic amines) is 1. The van der Waals surface area contributed by atoms with Crippen molar-refractivity contribution in [2.24, 2.45) is 0 Å². The Kier molecular flexibility index (Phi) is 6.19. The van der Waals surface area contributed by atoms with Crippen LogP contribution in [0.5, 0.6) is 0 Å². The van der Waals surface area contributed by atoms with Crippen molar-refractivity contribution in [3.8, 4) is 11.3 Å². The second-order valence-electron chi connectivity index (χ2n) is 9.32. The molecule has 8 nitrogen and oxygen atoms in total. The van der Waals surface area contributed by atoms with Crippen LogP contribution in [0.15, 0.2) is 41.1 Å². The molecule has 1 fully saturated rings. The summed E-state index contributed by atoms with van der Waals surface area (Å²) in [5.41, 5.74) is 3.12. The van der Waals surface area contributed by atoms with Gasteiger partial charge in [0.05, 0.1) is 29.1 Å². The SMILES string of the molecule is Cc1cc(-c2cc(C(=O)NC3CCN(C(=O)c4ccco4)CC3)c3cnn(C(C)C)c3n2)c(C)s1. The molecule has 0 radical (unpaired) electrons. The van der Waals surface area contributed by atoms with Crippen molar-refractivity contribution in [1.82, 2.24) is 25.0 Å². The summed E-state index contributed by atoms with van der Waals surface area (Å²) in [6.45, 7) is 9.40. The van der Waals surface area contributed by atoms with Gasteiger partial charge < -0.3 is 14.6 Å². The Morgan fingerprint density at radius 2 is 1.97 bits per heavy atom. The zero-order valence-electron chi connectivity index (χ0n) is 20.4. The summed E-state index contributed by atoms with van der Waals surface area (Å²) in [6.07, 6.45) is 4.61. The number of amides is 2. The molecule has 1 saturated heterocycles. The first-order valence-electron chi connectivity index (χ1n) is 11.9. The summed E-state index contributed by atoms with van der Waals surface area (Å²) < 4.78 is 7.10. The number of hydrogen-bond donors (Lipinski definition) is 1. The summed E-state index contributed by atoms with van der Waals surface area (Å²) in [4.78, 5) is 35.1. The van der Waals surface area contributed by atoms with Crippen molar-refractivity contribution in [3.05, 3.63) is 57.8 Å². The van der Waals surface area contributed by atoms with Crippen LogP contribution in [0.2, 0.25) is 0 Å². The molecule has 35 heavy (non-hydrogen) atoms. The Bertz CT molecular complexity index is 1380. The van der Waals surface area contributed by atoms with Gasteiger partial charge in [0.25, 0.3) is 11.8 Å². The average Bonchev–Trinajstić information content (AvgIpc) is 3.58. The molecule has 1 N–H and O–H groups in total. The minimum absolute atomic E-state index is 0.0138. The Labute approximate surface area is 207 Å². The van der Waals surface area contributed by atoms with E-state index in [2.05, 4.69) is 44.2 Å². The Morgan fingerprint density at radius 1 is 1.20 bits per heavy atom. The molecular weight excluding hydrogens is 462 g/mol. The van der Waals surface area contributed by atoms with Crippen LogP contribution in [0, 0.1) is 13.8 Å². The highest BCUT2D eigenvalue weighted by Gasteiger charge is 2.27. The summed E-state index contributed by atoms with van der Waals surface area (Å²) in [6, 6.07) is 7.50. The number of rotatable bonds is 5. The molecule has 1 aliphatic rings. The number of carbonyl (C=O) groups excluding carboxylic acids is 2. The van der Waals surface area contributed by atoms with E-state index in [9.17, 15) is 9.59 Å². The van der Waals surface area contributed by atoms with Gasteiger partial charge in [-0.1, -0.05) is 0 Å². The maximum absolute atomic E-state index is 13.5. The fourth-order valence-electron chi connectivity index (χ4n) is 4.65. The van der Waals surface area contributed by atoms with Gasteiger partial charge in [-0.05, 0) is 64.8 Å². The number of pyridine rings is 1. The molecule has 4 aromatic heterocycles. The molecule has 0 spiro atoms. The maximum Gasteiger partial charge on any atom is 0.289 e. The molecule has 0 aliphatic carbocycles. The van der Waals surface area contributed by atoms with Crippen LogP contribution in [-0.2, 0) is 0 Å². The molecule has 0 saturated carbocycles. The lowest BCUT2D eigenvalue weighted by Crippen LogP contribution is -2.46. The number of aryl methyl sites for hydroxylation is 2. The van der Waals surface area contributed by atoms with Crippen molar-refractivity contribution < 1.29 is 14.0 Å². The van der Waals surface area contributed by atoms with E-state index in [1.807, 2.05) is 10.7 Å². The number of nitrogens with one attached hydrogen (secondary N) is 1. The normalized spacial score (nSPS) is 14.7. The first-order valence-corrected chi connectivity index (χ1v) is 12.7. The van der Waals surface area contributed by atoms with Gasteiger partial charge in [-0.2, -0.15) is 5.10 Å². The van der Waals surface area contributed by atoms with E-state index in [1.54, 1.807) is 34.6 Å². The largest absolute Gasteiger partial charge is 0.459 e. The fraction of sp³-hybridized carbons (Fsp3) is 0.385. The highest BCUT2D eigenvalue weighted by Crippen LogP contribution is 2.32. The van der Waals surface area contributed by atoms with E-state index >= 15 is 0 Å². The number of hydrogen-bond acceptors (Lipinski definition) is 6. The fourth-order valence-corrected chi connectivity index (χ4v) is 5.59. The van der Waals surface area contributed by atoms with Gasteiger partial charge in [0, 0.05) is 40.5 Å². The van der Waals surface area contributed by atoms with Crippen LogP contribution in [0.4, 0.5) is 0 Å². The smallest absolute Gasteiger partial charge is 0.289 e. The van der Waals surface area contributed by atoms with Crippen LogP contribution < -0.4 is 5.32 Å². The molecular formula is C26H29N5O3S. The van der Waals surface area contributed by atoms with Crippen LogP contribution >= 0.6 is 11.3 Å². The quantitative estimate of drug-likeness (QED) is 0.425. The van der Waals surface area contributed by atoms with Crippen molar-refractivity contribution in [2.45, 2.75) is 52.6 Å². The van der Waals surface area contributed by atoms with Crippen molar-refractivity contribution in [3.63, 3.8) is 0 Å². The topological polar surface area (TPSA) is 93.3 Å². The van der Waals surface area contributed by atoms with Gasteiger partial charge in [-0.15, -0.1) is 11.3 Å². The van der Waals surface area contributed by atoms with Gasteiger partial charge in [0.2, 0.25) is 0 Å². The summed E-state index contributed by atoms with van der Waals surface area (Å²) in [5, 5.41) is 8.47. The first kappa shape index (κ1) is 23.3. The van der Waals surface area contributed by atoms with Crippen LogP contribution in [-0.4, -0.2) is 50.6 Å². The van der Waals surface area contributed by atoms with Crippen LogP contribution in [0.25, 0.3) is 22.3 Å². The lowest BCUT2D eigenvalue weighted by atomic mass is 10.0. The van der Waals surface area contributed by atoms with Crippen LogP contribution in [0.1, 0.15) is 63.4 Å². The van der Waals surface area contributed by atoms with E-state index in [-0.39, 0.29) is 23.9 Å². The average molecular weight is 492 g/mol. The number of piperidine rings is 1. The summed E-state index contributed by atoms with van der Waals surface area (Å²) in [7, 11) is 0. The van der Waals surface area contributed by atoms with Crippen molar-refractivity contribution >= 4 is 34.2 Å². The van der Waals surface area contributed by atoms with Crippen LogP contribution in [0.3, 0.4) is 0 Å². The Balaban J connectivity index is 1.39. The lowest BCUT2D eigenvalue weighted by molar-refractivity contribution is 0.0667. The predicted molar refractivity (Wildman–Crippen MR) is 136 cm³/mol. The molecule has 4 aromatic rings. The number of furan rings is 1. The summed E-state index contributed by atoms with van der Waals surface area (Å²) in [5.74, 6) is 0.102. The second-order valence-corrected chi connectivity index (χ2v) is 10.8. The standard InChI is InChI=1S/C26H29N5O3S/c1-15(2)31-24-21(14-27-31)20(13-22(29-24)19-12-16(3)35-17(19)4)25(32)28-18-7-9-30(10-8-18)26(33)23-6-5-11-34-23/h5-6,11-15,18H,7-10H2,1-4H3,(H,28,32). The zero-order valence-corrected chi connectivity index (χ0v) is 21.2. The van der Waals surface area contributed by atoms with Gasteiger partial charge in [-0.25, -0.2) is 9.67 Å². The van der Waals surface area contributed by atoms with E-state index in [0.717, 1.165) is 16.6 Å². The Morgan fingerprint density at radius 3 is 2.60 bits per heavy atom. The molecule has 2 amide bonds. The van der Waals surface area contributed by atoms with E-state index < -0.39 is 0 Å². The molecule has 1 aliphatic heterocycles. The molecule has 0 unspecified atom stereocenters. The molecule has 0 atom stereocenters. The highest BCUT2D eigenvalue weighted by atomic mass is 32.1. The minimum atomic E-state index is -0.137. The highest BCUT2D eigenvalue weighted by molar-refractivity contribution is 7.12. The molecule has 9 heteroatoms. The number of carbonyl (C=O) groups is 2. The predicted octanol–water partition coefficient (Wildman–Crippen LogP) is 4.99. The van der Waals surface area contributed by atoms with Gasteiger partial charge >= 0.3 is 0 Å². The number of aromatic nitrogens is 3. The number of thiophene rings is 1. The molecule has 0 aromatic carbocycles. The van der Waals surface area contributed by atoms with Crippen molar-refractivity contribution in [1.29, 1.82) is 0 Å². The van der Waals surface area contributed by atoms with E-state index in [1.165, 1.54) is 16.0 Å². The third kappa shape index (κ3) is 4.48. The maximum atomic E-state index is 13.5. The number of nitrogens with zero attached hydrogens (tertiary/aromatic N) is 4. The molecule has 182 valence electrons. The monoisotopic (exact) mass is 491 g/mol. The van der Waals surface area contributed by atoms with Gasteiger partial charge in [0.15, 0.2) is 11.4 Å².